The van der Waals surface area contributed by atoms with Gasteiger partial charge in [0.1, 0.15) is 17.3 Å². The van der Waals surface area contributed by atoms with Crippen LogP contribution in [0.3, 0.4) is 0 Å². The van der Waals surface area contributed by atoms with Crippen LogP contribution < -0.4 is 20.7 Å². The van der Waals surface area contributed by atoms with E-state index >= 15 is 0 Å². The van der Waals surface area contributed by atoms with Gasteiger partial charge in [-0.3, -0.25) is 13.9 Å². The van der Waals surface area contributed by atoms with E-state index in [1.54, 1.807) is 0 Å². The number of fused-ring (bicyclic) bond motifs is 1. The van der Waals surface area contributed by atoms with E-state index in [0.717, 1.165) is 21.8 Å². The van der Waals surface area contributed by atoms with Crippen molar-refractivity contribution in [3.05, 3.63) is 86.1 Å². The van der Waals surface area contributed by atoms with Crippen LogP contribution in [-0.4, -0.2) is 21.4 Å². The van der Waals surface area contributed by atoms with Gasteiger partial charge in [0.25, 0.3) is 5.56 Å². The molecule has 0 saturated carbocycles. The number of aromatic nitrogens is 2. The average Bonchev–Trinajstić information content (AvgIpc) is 3.00. The van der Waals surface area contributed by atoms with Crippen LogP contribution in [0.4, 0.5) is 19.0 Å². The highest BCUT2D eigenvalue weighted by atomic mass is 19.4. The molecular formula is C26H26F3N3O4. The fourth-order valence-corrected chi connectivity index (χ4v) is 4.23. The number of hydrogen-bond acceptors (Lipinski definition) is 5. The maximum atomic E-state index is 12.8. The molecule has 1 atom stereocenters. The van der Waals surface area contributed by atoms with Crippen molar-refractivity contribution in [1.82, 2.24) is 9.13 Å². The van der Waals surface area contributed by atoms with E-state index in [4.69, 9.17) is 4.74 Å². The van der Waals surface area contributed by atoms with Gasteiger partial charge >= 0.3 is 12.1 Å². The lowest BCUT2D eigenvalue weighted by atomic mass is 9.93. The van der Waals surface area contributed by atoms with E-state index < -0.39 is 23.4 Å². The quantitative estimate of drug-likeness (QED) is 0.513. The summed E-state index contributed by atoms with van der Waals surface area (Å²) in [5, 5.41) is 0. The lowest BCUT2D eigenvalue weighted by Crippen LogP contribution is -2.38. The molecule has 0 fully saturated rings. The first kappa shape index (κ1) is 25.3. The lowest BCUT2D eigenvalue weighted by Gasteiger charge is -2.18. The van der Waals surface area contributed by atoms with E-state index in [9.17, 15) is 22.8 Å². The predicted molar refractivity (Wildman–Crippen MR) is 129 cm³/mol. The summed E-state index contributed by atoms with van der Waals surface area (Å²) in [6, 6.07) is 13.3. The normalized spacial score (nSPS) is 15.6. The van der Waals surface area contributed by atoms with Gasteiger partial charge < -0.3 is 9.47 Å². The molecule has 10 heteroatoms. The molecule has 0 aliphatic carbocycles. The van der Waals surface area contributed by atoms with Crippen LogP contribution in [0.25, 0.3) is 0 Å². The van der Waals surface area contributed by atoms with Crippen molar-refractivity contribution in [2.75, 3.05) is 0 Å². The van der Waals surface area contributed by atoms with E-state index in [-0.39, 0.29) is 23.4 Å². The van der Waals surface area contributed by atoms with Crippen molar-refractivity contribution in [3.63, 3.8) is 0 Å². The van der Waals surface area contributed by atoms with E-state index in [0.29, 0.717) is 31.2 Å². The number of halogens is 3. The largest absolute Gasteiger partial charge is 0.573 e. The number of benzene rings is 2. The van der Waals surface area contributed by atoms with E-state index in [1.807, 2.05) is 31.2 Å². The molecule has 1 unspecified atom stereocenters. The van der Waals surface area contributed by atoms with Crippen LogP contribution >= 0.6 is 0 Å². The molecular weight excluding hydrogens is 475 g/mol. The second-order valence-electron chi connectivity index (χ2n) is 8.84. The van der Waals surface area contributed by atoms with Crippen molar-refractivity contribution in [3.8, 4) is 11.5 Å². The van der Waals surface area contributed by atoms with Crippen molar-refractivity contribution >= 4 is 11.7 Å². The summed E-state index contributed by atoms with van der Waals surface area (Å²) in [4.78, 5) is 29.9. The molecule has 1 aromatic heterocycles. The average molecular weight is 502 g/mol. The Morgan fingerprint density at radius 3 is 2.42 bits per heavy atom. The van der Waals surface area contributed by atoms with Gasteiger partial charge in [-0.1, -0.05) is 35.9 Å². The zero-order valence-electron chi connectivity index (χ0n) is 20.1. The first-order valence-electron chi connectivity index (χ1n) is 11.5. The minimum atomic E-state index is -4.84. The Morgan fingerprint density at radius 1 is 1.03 bits per heavy atom. The molecule has 0 spiro atoms. The molecule has 0 amide bonds. The number of ether oxygens (including phenoxy) is 2. The van der Waals surface area contributed by atoms with Gasteiger partial charge in [0, 0.05) is 26.1 Å². The van der Waals surface area contributed by atoms with E-state index in [1.165, 1.54) is 36.9 Å². The summed E-state index contributed by atoms with van der Waals surface area (Å²) < 4.78 is 50.4. The standard InChI is InChI=1S/C26H26F3N3O4/c1-16-7-9-17(10-8-16)11-12-18-13-14-21-22(31(2)25(34)32(3)24(21)33)30-23(18)35-19-5-4-6-20(15-19)36-26(27,28)29/h4-10,15,18H,11-14H2,1-3H3. The van der Waals surface area contributed by atoms with Crippen molar-refractivity contribution in [2.45, 2.75) is 39.0 Å². The minimum absolute atomic E-state index is 0.105. The van der Waals surface area contributed by atoms with E-state index in [2.05, 4.69) is 9.73 Å². The first-order valence-corrected chi connectivity index (χ1v) is 11.5. The van der Waals surface area contributed by atoms with Crippen LogP contribution in [0, 0.1) is 12.8 Å². The monoisotopic (exact) mass is 501 g/mol. The third kappa shape index (κ3) is 5.69. The summed E-state index contributed by atoms with van der Waals surface area (Å²) in [7, 11) is 2.93. The number of alkyl halides is 3. The zero-order chi connectivity index (χ0) is 26.0. The summed E-state index contributed by atoms with van der Waals surface area (Å²) in [5.41, 5.74) is 1.71. The number of hydrogen-bond donors (Lipinski definition) is 0. The summed E-state index contributed by atoms with van der Waals surface area (Å²) in [5.74, 6) is -0.141. The van der Waals surface area contributed by atoms with Gasteiger partial charge in [0.05, 0.1) is 5.56 Å². The molecule has 7 nitrogen and oxygen atoms in total. The Morgan fingerprint density at radius 2 is 1.72 bits per heavy atom. The SMILES string of the molecule is Cc1ccc(CCC2CCc3c(n(C)c(=O)n(C)c3=O)N=C2Oc2cccc(OC(F)(F)F)c2)cc1. The Bertz CT molecular complexity index is 1410. The van der Waals surface area contributed by atoms with Gasteiger partial charge in [-0.15, -0.1) is 13.2 Å². The molecule has 36 heavy (non-hydrogen) atoms. The van der Waals surface area contributed by atoms with Crippen LogP contribution in [0.15, 0.2) is 63.1 Å². The van der Waals surface area contributed by atoms with Gasteiger partial charge in [-0.05, 0) is 50.3 Å². The number of rotatable bonds is 5. The first-order chi connectivity index (χ1) is 17.0. The molecule has 2 aromatic carbocycles. The van der Waals surface area contributed by atoms with Gasteiger partial charge in [0.15, 0.2) is 5.90 Å². The maximum Gasteiger partial charge on any atom is 0.573 e. The summed E-state index contributed by atoms with van der Waals surface area (Å²) in [6.45, 7) is 2.01. The van der Waals surface area contributed by atoms with Crippen LogP contribution in [0.5, 0.6) is 11.5 Å². The molecule has 0 N–H and O–H groups in total. The summed E-state index contributed by atoms with van der Waals surface area (Å²) >= 11 is 0. The molecule has 0 saturated heterocycles. The third-order valence-corrected chi connectivity index (χ3v) is 6.20. The maximum absolute atomic E-state index is 12.8. The fourth-order valence-electron chi connectivity index (χ4n) is 4.23. The van der Waals surface area contributed by atoms with Crippen molar-refractivity contribution < 1.29 is 22.6 Å². The predicted octanol–water partition coefficient (Wildman–Crippen LogP) is 4.60. The molecule has 0 bridgehead atoms. The van der Waals surface area contributed by atoms with Gasteiger partial charge in [-0.2, -0.15) is 4.99 Å². The number of aryl methyl sites for hydroxylation is 2. The topological polar surface area (TPSA) is 74.8 Å². The van der Waals surface area contributed by atoms with Crippen LogP contribution in [-0.2, 0) is 26.9 Å². The fraction of sp³-hybridized carbons (Fsp3) is 0.346. The number of aliphatic imine (C=N–C) groups is 1. The molecule has 190 valence electrons. The molecule has 0 radical (unpaired) electrons. The molecule has 1 aliphatic rings. The smallest absolute Gasteiger partial charge is 0.442 e. The Balaban J connectivity index is 1.71. The third-order valence-electron chi connectivity index (χ3n) is 6.20. The highest BCUT2D eigenvalue weighted by molar-refractivity contribution is 5.84. The van der Waals surface area contributed by atoms with Crippen LogP contribution in [0.2, 0.25) is 0 Å². The number of nitrogens with zero attached hydrogens (tertiary/aromatic N) is 3. The zero-order valence-corrected chi connectivity index (χ0v) is 20.1. The lowest BCUT2D eigenvalue weighted by molar-refractivity contribution is -0.274. The van der Waals surface area contributed by atoms with Crippen molar-refractivity contribution in [1.29, 1.82) is 0 Å². The highest BCUT2D eigenvalue weighted by Crippen LogP contribution is 2.31. The molecule has 4 rings (SSSR count). The summed E-state index contributed by atoms with van der Waals surface area (Å²) in [6.07, 6.45) is -2.61. The van der Waals surface area contributed by atoms with Gasteiger partial charge in [-0.25, -0.2) is 4.79 Å². The second kappa shape index (κ2) is 10.0. The Labute approximate surface area is 205 Å². The minimum Gasteiger partial charge on any atom is -0.442 e. The second-order valence-corrected chi connectivity index (χ2v) is 8.84. The Kier molecular flexibility index (Phi) is 7.05. The molecule has 1 aliphatic heterocycles. The Hall–Kier alpha value is -3.82. The molecule has 3 aromatic rings. The van der Waals surface area contributed by atoms with Gasteiger partial charge in [0.2, 0.25) is 0 Å². The van der Waals surface area contributed by atoms with Crippen LogP contribution in [0.1, 0.15) is 29.5 Å². The highest BCUT2D eigenvalue weighted by Gasteiger charge is 2.31. The molecule has 2 heterocycles. The van der Waals surface area contributed by atoms with Crippen molar-refractivity contribution in [2.24, 2.45) is 25.0 Å².